The second kappa shape index (κ2) is 8.11. The van der Waals surface area contributed by atoms with Gasteiger partial charge in [-0.15, -0.1) is 0 Å². The highest BCUT2D eigenvalue weighted by Crippen LogP contribution is 2.22. The molecule has 8 heteroatoms. The smallest absolute Gasteiger partial charge is 0.325 e. The van der Waals surface area contributed by atoms with E-state index in [0.29, 0.717) is 19.5 Å². The number of nitrogens with zero attached hydrogens (tertiary/aromatic N) is 2. The van der Waals surface area contributed by atoms with Crippen LogP contribution >= 0.6 is 0 Å². The van der Waals surface area contributed by atoms with Gasteiger partial charge in [0.05, 0.1) is 0 Å². The summed E-state index contributed by atoms with van der Waals surface area (Å²) in [6.07, 6.45) is 0.543. The average Bonchev–Trinajstić information content (AvgIpc) is 3.00. The zero-order chi connectivity index (χ0) is 19.4. The van der Waals surface area contributed by atoms with Gasteiger partial charge in [0.25, 0.3) is 0 Å². The van der Waals surface area contributed by atoms with Crippen LogP contribution in [0.2, 0.25) is 0 Å². The number of hydrogen-bond acceptors (Lipinski definition) is 2. The molecule has 3 amide bonds. The summed E-state index contributed by atoms with van der Waals surface area (Å²) in [7, 11) is 0. The Morgan fingerprint density at radius 3 is 2.44 bits per heavy atom. The van der Waals surface area contributed by atoms with Gasteiger partial charge in [0.15, 0.2) is 11.6 Å². The number of nitrogens with one attached hydrogen (secondary N) is 1. The standard InChI is InChI=1S/C19H18F3N3O2/c20-14-3-1-13(2-4-14)7-8-23-18(26)12-24-9-10-25(19(24)27)15-5-6-16(21)17(22)11-15/h1-6,11H,7-10,12H2,(H,23,26). The molecule has 0 saturated carbocycles. The van der Waals surface area contributed by atoms with E-state index in [1.54, 1.807) is 12.1 Å². The third-order valence-corrected chi connectivity index (χ3v) is 4.29. The number of rotatable bonds is 6. The number of benzene rings is 2. The van der Waals surface area contributed by atoms with Crippen LogP contribution in [0, 0.1) is 17.5 Å². The molecule has 0 spiro atoms. The van der Waals surface area contributed by atoms with Crippen LogP contribution in [-0.4, -0.2) is 43.0 Å². The van der Waals surface area contributed by atoms with E-state index < -0.39 is 17.7 Å². The average molecular weight is 377 g/mol. The van der Waals surface area contributed by atoms with Gasteiger partial charge < -0.3 is 10.2 Å². The molecule has 142 valence electrons. The molecule has 1 heterocycles. The van der Waals surface area contributed by atoms with Crippen molar-refractivity contribution in [2.24, 2.45) is 0 Å². The summed E-state index contributed by atoms with van der Waals surface area (Å²) in [5.41, 5.74) is 1.14. The van der Waals surface area contributed by atoms with E-state index in [1.807, 2.05) is 0 Å². The Balaban J connectivity index is 1.49. The summed E-state index contributed by atoms with van der Waals surface area (Å²) >= 11 is 0. The van der Waals surface area contributed by atoms with Gasteiger partial charge in [-0.1, -0.05) is 12.1 Å². The lowest BCUT2D eigenvalue weighted by Crippen LogP contribution is -2.40. The van der Waals surface area contributed by atoms with Crippen molar-refractivity contribution in [3.05, 3.63) is 65.5 Å². The summed E-state index contributed by atoms with van der Waals surface area (Å²) in [6.45, 7) is 0.831. The SMILES string of the molecule is O=C(CN1CCN(c2ccc(F)c(F)c2)C1=O)NCCc1ccc(F)cc1. The number of carbonyl (C=O) groups is 2. The van der Waals surface area contributed by atoms with E-state index in [-0.39, 0.29) is 30.5 Å². The summed E-state index contributed by atoms with van der Waals surface area (Å²) in [6, 6.07) is 8.80. The fourth-order valence-corrected chi connectivity index (χ4v) is 2.85. The molecule has 0 aliphatic carbocycles. The molecule has 27 heavy (non-hydrogen) atoms. The number of amides is 3. The van der Waals surface area contributed by atoms with Gasteiger partial charge in [-0.25, -0.2) is 18.0 Å². The van der Waals surface area contributed by atoms with Gasteiger partial charge in [0.1, 0.15) is 12.4 Å². The molecule has 2 aromatic carbocycles. The van der Waals surface area contributed by atoms with Gasteiger partial charge in [0.2, 0.25) is 5.91 Å². The largest absolute Gasteiger partial charge is 0.354 e. The Kier molecular flexibility index (Phi) is 5.63. The normalized spacial score (nSPS) is 14.0. The van der Waals surface area contributed by atoms with Gasteiger partial charge in [-0.3, -0.25) is 9.69 Å². The van der Waals surface area contributed by atoms with Crippen LogP contribution in [0.4, 0.5) is 23.7 Å². The molecule has 0 aromatic heterocycles. The first kappa shape index (κ1) is 18.8. The zero-order valence-corrected chi connectivity index (χ0v) is 14.4. The monoisotopic (exact) mass is 377 g/mol. The Morgan fingerprint density at radius 1 is 1.00 bits per heavy atom. The van der Waals surface area contributed by atoms with E-state index in [2.05, 4.69) is 5.32 Å². The van der Waals surface area contributed by atoms with Crippen molar-refractivity contribution in [3.8, 4) is 0 Å². The predicted octanol–water partition coefficient (Wildman–Crippen LogP) is 2.70. The Bertz CT molecular complexity index is 843. The Morgan fingerprint density at radius 2 is 1.74 bits per heavy atom. The van der Waals surface area contributed by atoms with E-state index >= 15 is 0 Å². The summed E-state index contributed by atoms with van der Waals surface area (Å²) < 4.78 is 39.2. The second-order valence-corrected chi connectivity index (χ2v) is 6.18. The highest BCUT2D eigenvalue weighted by molar-refractivity contribution is 5.96. The van der Waals surface area contributed by atoms with Crippen molar-refractivity contribution >= 4 is 17.6 Å². The highest BCUT2D eigenvalue weighted by Gasteiger charge is 2.31. The molecule has 1 aliphatic rings. The van der Waals surface area contributed by atoms with Crippen LogP contribution in [0.1, 0.15) is 5.56 Å². The topological polar surface area (TPSA) is 52.7 Å². The molecule has 1 saturated heterocycles. The van der Waals surface area contributed by atoms with Gasteiger partial charge >= 0.3 is 6.03 Å². The van der Waals surface area contributed by atoms with E-state index in [9.17, 15) is 22.8 Å². The lowest BCUT2D eigenvalue weighted by atomic mass is 10.1. The fourth-order valence-electron chi connectivity index (χ4n) is 2.85. The molecule has 0 bridgehead atoms. The van der Waals surface area contributed by atoms with Gasteiger partial charge in [0, 0.05) is 31.4 Å². The number of anilines is 1. The maximum absolute atomic E-state index is 13.4. The minimum absolute atomic E-state index is 0.123. The van der Waals surface area contributed by atoms with Gasteiger partial charge in [-0.05, 0) is 36.2 Å². The van der Waals surface area contributed by atoms with E-state index in [0.717, 1.165) is 17.7 Å². The summed E-state index contributed by atoms with van der Waals surface area (Å²) in [5, 5.41) is 2.71. The summed E-state index contributed by atoms with van der Waals surface area (Å²) in [4.78, 5) is 27.1. The van der Waals surface area contributed by atoms with Crippen LogP contribution in [-0.2, 0) is 11.2 Å². The number of carbonyl (C=O) groups excluding carboxylic acids is 2. The minimum Gasteiger partial charge on any atom is -0.354 e. The molecule has 1 fully saturated rings. The summed E-state index contributed by atoms with van der Waals surface area (Å²) in [5.74, 6) is -2.65. The molecular weight excluding hydrogens is 359 g/mol. The molecule has 0 atom stereocenters. The van der Waals surface area contributed by atoms with E-state index in [1.165, 1.54) is 28.0 Å². The van der Waals surface area contributed by atoms with Crippen LogP contribution < -0.4 is 10.2 Å². The van der Waals surface area contributed by atoms with Crippen LogP contribution in [0.3, 0.4) is 0 Å². The van der Waals surface area contributed by atoms with Crippen LogP contribution in [0.5, 0.6) is 0 Å². The predicted molar refractivity (Wildman–Crippen MR) is 93.8 cm³/mol. The molecule has 0 radical (unpaired) electrons. The first-order valence-electron chi connectivity index (χ1n) is 8.46. The van der Waals surface area contributed by atoms with Crippen molar-refractivity contribution in [2.75, 3.05) is 31.1 Å². The van der Waals surface area contributed by atoms with Crippen molar-refractivity contribution < 1.29 is 22.8 Å². The van der Waals surface area contributed by atoms with E-state index in [4.69, 9.17) is 0 Å². The van der Waals surface area contributed by atoms with Crippen molar-refractivity contribution in [1.29, 1.82) is 0 Å². The molecular formula is C19H18F3N3O2. The molecule has 1 aliphatic heterocycles. The lowest BCUT2D eigenvalue weighted by Gasteiger charge is -2.18. The first-order chi connectivity index (χ1) is 12.9. The fraction of sp³-hybridized carbons (Fsp3) is 0.263. The molecule has 2 aromatic rings. The second-order valence-electron chi connectivity index (χ2n) is 6.18. The maximum atomic E-state index is 13.4. The quantitative estimate of drug-likeness (QED) is 0.842. The Hall–Kier alpha value is -3.03. The molecule has 5 nitrogen and oxygen atoms in total. The van der Waals surface area contributed by atoms with Crippen molar-refractivity contribution in [1.82, 2.24) is 10.2 Å². The minimum atomic E-state index is -1.03. The van der Waals surface area contributed by atoms with Crippen molar-refractivity contribution in [3.63, 3.8) is 0 Å². The molecule has 1 N–H and O–H groups in total. The zero-order valence-electron chi connectivity index (χ0n) is 14.4. The van der Waals surface area contributed by atoms with Crippen molar-refractivity contribution in [2.45, 2.75) is 6.42 Å². The number of urea groups is 1. The molecule has 3 rings (SSSR count). The third kappa shape index (κ3) is 4.58. The van der Waals surface area contributed by atoms with Crippen LogP contribution in [0.25, 0.3) is 0 Å². The number of halogens is 3. The third-order valence-electron chi connectivity index (χ3n) is 4.29. The molecule has 0 unspecified atom stereocenters. The maximum Gasteiger partial charge on any atom is 0.325 e. The lowest BCUT2D eigenvalue weighted by molar-refractivity contribution is -0.121. The highest BCUT2D eigenvalue weighted by atomic mass is 19.2. The Labute approximate surface area is 154 Å². The van der Waals surface area contributed by atoms with Crippen LogP contribution in [0.15, 0.2) is 42.5 Å². The first-order valence-corrected chi connectivity index (χ1v) is 8.46. The number of hydrogen-bond donors (Lipinski definition) is 1. The van der Waals surface area contributed by atoms with Gasteiger partial charge in [-0.2, -0.15) is 0 Å².